The third-order valence-electron chi connectivity index (χ3n) is 5.62. The largest absolute Gasteiger partial charge is 0.328 e. The zero-order valence-electron chi connectivity index (χ0n) is 17.0. The van der Waals surface area contributed by atoms with Crippen LogP contribution in [-0.2, 0) is 14.6 Å². The molecule has 0 atom stereocenters. The van der Waals surface area contributed by atoms with Gasteiger partial charge in [-0.2, -0.15) is 0 Å². The number of aromatic nitrogens is 2. The fourth-order valence-electron chi connectivity index (χ4n) is 3.43. The molecule has 4 aromatic rings. The Kier molecular flexibility index (Phi) is 4.82. The van der Waals surface area contributed by atoms with Gasteiger partial charge in [-0.15, -0.1) is 0 Å². The highest BCUT2D eigenvalue weighted by Gasteiger charge is 2.33. The number of benzene rings is 2. The number of sulfone groups is 1. The van der Waals surface area contributed by atoms with Crippen molar-refractivity contribution in [3.63, 3.8) is 0 Å². The van der Waals surface area contributed by atoms with Crippen LogP contribution in [0.5, 0.6) is 0 Å². The van der Waals surface area contributed by atoms with Gasteiger partial charge in [0.05, 0.1) is 10.3 Å². The maximum absolute atomic E-state index is 12.5. The van der Waals surface area contributed by atoms with Crippen molar-refractivity contribution in [3.05, 3.63) is 89.0 Å². The van der Waals surface area contributed by atoms with E-state index in [0.717, 1.165) is 38.7 Å². The van der Waals surface area contributed by atoms with Crippen LogP contribution in [0.25, 0.3) is 33.2 Å². The molecule has 152 valence electrons. The summed E-state index contributed by atoms with van der Waals surface area (Å²) in [5, 5.41) is 0.885. The molecule has 0 spiro atoms. The topological polar surface area (TPSA) is 79.9 Å². The average molecular weight is 419 g/mol. The van der Waals surface area contributed by atoms with Crippen molar-refractivity contribution in [1.29, 1.82) is 0 Å². The number of nitrogens with one attached hydrogen (secondary N) is 1. The average Bonchev–Trinajstić information content (AvgIpc) is 2.72. The maximum Gasteiger partial charge on any atom is 0.247 e. The molecule has 0 saturated heterocycles. The Bertz CT molecular complexity index is 1400. The van der Waals surface area contributed by atoms with E-state index >= 15 is 0 Å². The monoisotopic (exact) mass is 418 g/mol. The predicted octanol–water partition coefficient (Wildman–Crippen LogP) is 4.54. The lowest BCUT2D eigenvalue weighted by Crippen LogP contribution is -2.28. The van der Waals surface area contributed by atoms with Crippen LogP contribution in [0, 0.1) is 0 Å². The van der Waals surface area contributed by atoms with E-state index in [1.165, 1.54) is 12.3 Å². The van der Waals surface area contributed by atoms with Gasteiger partial charge >= 0.3 is 0 Å². The minimum atomic E-state index is -3.33. The number of pyridine rings is 2. The zero-order chi connectivity index (χ0) is 21.5. The Balaban J connectivity index is 1.96. The summed E-state index contributed by atoms with van der Waals surface area (Å²) in [4.78, 5) is 18.6. The van der Waals surface area contributed by atoms with Crippen molar-refractivity contribution in [1.82, 2.24) is 9.97 Å². The molecular weight excluding hydrogens is 396 g/mol. The molecule has 0 fully saturated rings. The maximum atomic E-state index is 12.5. The first-order valence-corrected chi connectivity index (χ1v) is 11.4. The molecule has 0 aliphatic carbocycles. The minimum Gasteiger partial charge on any atom is -0.328 e. The molecule has 0 saturated carbocycles. The first-order valence-electron chi connectivity index (χ1n) is 9.55. The molecular formula is C24H22N2O3S. The van der Waals surface area contributed by atoms with E-state index in [1.807, 2.05) is 48.5 Å². The van der Waals surface area contributed by atoms with Crippen LogP contribution in [0.1, 0.15) is 19.4 Å². The highest BCUT2D eigenvalue weighted by molar-refractivity contribution is 7.91. The van der Waals surface area contributed by atoms with Gasteiger partial charge in [-0.1, -0.05) is 24.3 Å². The van der Waals surface area contributed by atoms with E-state index in [0.29, 0.717) is 0 Å². The molecule has 2 aromatic heterocycles. The summed E-state index contributed by atoms with van der Waals surface area (Å²) in [7, 11) is -3.33. The Morgan fingerprint density at radius 3 is 2.37 bits per heavy atom. The van der Waals surface area contributed by atoms with E-state index in [9.17, 15) is 13.2 Å². The summed E-state index contributed by atoms with van der Waals surface area (Å²) < 4.78 is 23.9. The molecule has 0 bridgehead atoms. The minimum absolute atomic E-state index is 0.152. The summed E-state index contributed by atoms with van der Waals surface area (Å²) >= 11 is 0. The fraction of sp³-hybridized carbons (Fsp3) is 0.167. The SMILES string of the molecule is CC(C)(c1cc(-c2cccc(-c3ccc(=O)[nH]c3)c2)c2ncccc2c1)S(C)(=O)=O. The molecule has 2 aromatic carbocycles. The van der Waals surface area contributed by atoms with Gasteiger partial charge in [-0.3, -0.25) is 9.78 Å². The summed E-state index contributed by atoms with van der Waals surface area (Å²) in [5.74, 6) is 0. The van der Waals surface area contributed by atoms with Gasteiger partial charge in [0.15, 0.2) is 9.84 Å². The van der Waals surface area contributed by atoms with E-state index in [-0.39, 0.29) is 5.56 Å². The molecule has 30 heavy (non-hydrogen) atoms. The second-order valence-electron chi connectivity index (χ2n) is 7.90. The van der Waals surface area contributed by atoms with Crippen LogP contribution in [-0.4, -0.2) is 24.6 Å². The fourth-order valence-corrected chi connectivity index (χ4v) is 3.98. The number of rotatable bonds is 4. The van der Waals surface area contributed by atoms with Crippen molar-refractivity contribution in [2.24, 2.45) is 0 Å². The van der Waals surface area contributed by atoms with Crippen LogP contribution < -0.4 is 5.56 Å². The van der Waals surface area contributed by atoms with Crippen LogP contribution >= 0.6 is 0 Å². The van der Waals surface area contributed by atoms with Gasteiger partial charge in [0, 0.05) is 35.7 Å². The lowest BCUT2D eigenvalue weighted by Gasteiger charge is -2.24. The molecule has 5 nitrogen and oxygen atoms in total. The van der Waals surface area contributed by atoms with Crippen molar-refractivity contribution in [2.75, 3.05) is 6.26 Å². The third-order valence-corrected chi connectivity index (χ3v) is 7.71. The van der Waals surface area contributed by atoms with E-state index < -0.39 is 14.6 Å². The molecule has 1 N–H and O–H groups in total. The van der Waals surface area contributed by atoms with Crippen LogP contribution in [0.4, 0.5) is 0 Å². The van der Waals surface area contributed by atoms with E-state index in [2.05, 4.69) is 9.97 Å². The quantitative estimate of drug-likeness (QED) is 0.528. The lowest BCUT2D eigenvalue weighted by molar-refractivity contribution is 0.561. The number of nitrogens with zero attached hydrogens (tertiary/aromatic N) is 1. The Morgan fingerprint density at radius 2 is 1.67 bits per heavy atom. The number of H-pyrrole nitrogens is 1. The van der Waals surface area contributed by atoms with Crippen molar-refractivity contribution >= 4 is 20.7 Å². The van der Waals surface area contributed by atoms with Crippen LogP contribution in [0.15, 0.2) is 77.9 Å². The van der Waals surface area contributed by atoms with Gasteiger partial charge in [0.2, 0.25) is 5.56 Å². The lowest BCUT2D eigenvalue weighted by atomic mass is 9.92. The van der Waals surface area contributed by atoms with Crippen LogP contribution in [0.3, 0.4) is 0 Å². The molecule has 0 amide bonds. The molecule has 0 aliphatic heterocycles. The number of hydrogen-bond donors (Lipinski definition) is 1. The molecule has 4 rings (SSSR count). The molecule has 6 heteroatoms. The van der Waals surface area contributed by atoms with Crippen LogP contribution in [0.2, 0.25) is 0 Å². The molecule has 2 heterocycles. The molecule has 0 aliphatic rings. The Morgan fingerprint density at radius 1 is 0.900 bits per heavy atom. The standard InChI is InChI=1S/C24H22N2O3S/c1-24(2,30(3,28)29)20-13-18-8-5-11-25-23(18)21(14-20)17-7-4-6-16(12-17)19-9-10-22(27)26-15-19/h4-15H,1-3H3,(H,26,27). The first kappa shape index (κ1) is 20.0. The normalized spacial score (nSPS) is 12.2. The zero-order valence-corrected chi connectivity index (χ0v) is 17.8. The summed E-state index contributed by atoms with van der Waals surface area (Å²) in [5.41, 5.74) is 5.00. The molecule has 0 radical (unpaired) electrons. The van der Waals surface area contributed by atoms with Crippen molar-refractivity contribution in [2.45, 2.75) is 18.6 Å². The smallest absolute Gasteiger partial charge is 0.247 e. The summed E-state index contributed by atoms with van der Waals surface area (Å²) in [6, 6.07) is 18.8. The Labute approximate surface area is 175 Å². The molecule has 0 unspecified atom stereocenters. The predicted molar refractivity (Wildman–Crippen MR) is 121 cm³/mol. The Hall–Kier alpha value is -3.25. The highest BCUT2D eigenvalue weighted by atomic mass is 32.2. The van der Waals surface area contributed by atoms with Gasteiger partial charge in [-0.05, 0) is 66.4 Å². The van der Waals surface area contributed by atoms with Gasteiger partial charge < -0.3 is 4.98 Å². The first-order chi connectivity index (χ1) is 14.2. The number of fused-ring (bicyclic) bond motifs is 1. The number of hydrogen-bond acceptors (Lipinski definition) is 4. The van der Waals surface area contributed by atoms with Gasteiger partial charge in [0.1, 0.15) is 0 Å². The van der Waals surface area contributed by atoms with Crippen molar-refractivity contribution in [3.8, 4) is 22.3 Å². The highest BCUT2D eigenvalue weighted by Crippen LogP contribution is 2.37. The number of aromatic amines is 1. The van der Waals surface area contributed by atoms with E-state index in [1.54, 1.807) is 32.3 Å². The third kappa shape index (κ3) is 3.55. The van der Waals surface area contributed by atoms with E-state index in [4.69, 9.17) is 0 Å². The second-order valence-corrected chi connectivity index (χ2v) is 10.5. The summed E-state index contributed by atoms with van der Waals surface area (Å²) in [6.07, 6.45) is 4.68. The van der Waals surface area contributed by atoms with Gasteiger partial charge in [-0.25, -0.2) is 8.42 Å². The second kappa shape index (κ2) is 7.22. The summed E-state index contributed by atoms with van der Waals surface area (Å²) in [6.45, 7) is 3.45. The van der Waals surface area contributed by atoms with Gasteiger partial charge in [0.25, 0.3) is 0 Å². The van der Waals surface area contributed by atoms with Crippen molar-refractivity contribution < 1.29 is 8.42 Å².